The van der Waals surface area contributed by atoms with Crippen LogP contribution in [0.15, 0.2) is 18.2 Å². The monoisotopic (exact) mass is 350 g/mol. The van der Waals surface area contributed by atoms with Crippen LogP contribution in [-0.2, 0) is 22.9 Å². The quantitative estimate of drug-likeness (QED) is 0.905. The van der Waals surface area contributed by atoms with Crippen molar-refractivity contribution in [2.45, 2.75) is 57.6 Å². The Hall–Kier alpha value is -1.07. The van der Waals surface area contributed by atoms with Crippen molar-refractivity contribution in [3.05, 3.63) is 29.3 Å². The zero-order chi connectivity index (χ0) is 17.4. The van der Waals surface area contributed by atoms with Gasteiger partial charge in [0, 0.05) is 25.3 Å². The Morgan fingerprint density at radius 1 is 1.12 bits per heavy atom. The van der Waals surface area contributed by atoms with Crippen molar-refractivity contribution in [3.63, 3.8) is 0 Å². The minimum Gasteiger partial charge on any atom is -0.385 e. The summed E-state index contributed by atoms with van der Waals surface area (Å²) in [6, 6.07) is 6.73. The van der Waals surface area contributed by atoms with E-state index in [0.717, 1.165) is 19.4 Å². The molecule has 0 amide bonds. The van der Waals surface area contributed by atoms with Crippen LogP contribution >= 0.6 is 0 Å². The number of anilines is 1. The summed E-state index contributed by atoms with van der Waals surface area (Å²) >= 11 is 0. The Morgan fingerprint density at radius 2 is 1.79 bits per heavy atom. The Labute approximate surface area is 146 Å². The van der Waals surface area contributed by atoms with Crippen molar-refractivity contribution in [2.24, 2.45) is 5.92 Å². The number of hydrogen-bond donors (Lipinski definition) is 1. The smallest absolute Gasteiger partial charge is 0.219 e. The lowest BCUT2D eigenvalue weighted by Crippen LogP contribution is -2.47. The molecule has 1 saturated heterocycles. The van der Waals surface area contributed by atoms with Gasteiger partial charge in [0.05, 0.1) is 4.75 Å². The van der Waals surface area contributed by atoms with Gasteiger partial charge in [0.25, 0.3) is 0 Å². The first kappa shape index (κ1) is 17.7. The van der Waals surface area contributed by atoms with Crippen LogP contribution in [0.5, 0.6) is 0 Å². The van der Waals surface area contributed by atoms with Gasteiger partial charge in [0.2, 0.25) is 10.0 Å². The molecule has 4 nitrogen and oxygen atoms in total. The zero-order valence-corrected chi connectivity index (χ0v) is 16.0. The largest absolute Gasteiger partial charge is 0.385 e. The van der Waals surface area contributed by atoms with Gasteiger partial charge in [-0.2, -0.15) is 0 Å². The molecule has 1 aromatic carbocycles. The maximum Gasteiger partial charge on any atom is 0.219 e. The first-order chi connectivity index (χ1) is 11.3. The number of hydrogen-bond acceptors (Lipinski definition) is 3. The van der Waals surface area contributed by atoms with Gasteiger partial charge in [-0.1, -0.05) is 6.07 Å². The van der Waals surface area contributed by atoms with Gasteiger partial charge in [0.15, 0.2) is 0 Å². The van der Waals surface area contributed by atoms with E-state index >= 15 is 0 Å². The molecule has 3 rings (SSSR count). The van der Waals surface area contributed by atoms with Crippen LogP contribution in [0.3, 0.4) is 0 Å². The van der Waals surface area contributed by atoms with Crippen molar-refractivity contribution in [1.29, 1.82) is 0 Å². The van der Waals surface area contributed by atoms with Gasteiger partial charge < -0.3 is 5.32 Å². The molecule has 0 bridgehead atoms. The van der Waals surface area contributed by atoms with Crippen molar-refractivity contribution < 1.29 is 8.42 Å². The Kier molecular flexibility index (Phi) is 4.94. The van der Waals surface area contributed by atoms with E-state index < -0.39 is 14.8 Å². The summed E-state index contributed by atoms with van der Waals surface area (Å²) in [4.78, 5) is 0. The molecule has 1 N–H and O–H groups in total. The van der Waals surface area contributed by atoms with E-state index in [0.29, 0.717) is 19.0 Å². The number of nitrogens with one attached hydrogen (secondary N) is 1. The highest BCUT2D eigenvalue weighted by molar-refractivity contribution is 7.90. The van der Waals surface area contributed by atoms with E-state index in [2.05, 4.69) is 23.5 Å². The summed E-state index contributed by atoms with van der Waals surface area (Å²) in [6.45, 7) is 7.58. The van der Waals surface area contributed by atoms with Gasteiger partial charge in [-0.3, -0.25) is 0 Å². The number of fused-ring (bicyclic) bond motifs is 1. The molecule has 0 saturated carbocycles. The maximum atomic E-state index is 12.5. The molecule has 0 aromatic heterocycles. The minimum atomic E-state index is -3.18. The number of piperidine rings is 1. The predicted molar refractivity (Wildman–Crippen MR) is 99.9 cm³/mol. The molecular formula is C19H30N2O2S. The first-order valence-electron chi connectivity index (χ1n) is 9.13. The third-order valence-electron chi connectivity index (χ3n) is 5.38. The van der Waals surface area contributed by atoms with Crippen LogP contribution in [0.25, 0.3) is 0 Å². The standard InChI is InChI=1S/C19H30N2O2S/c1-19(2,3)24(22,23)21-11-9-15(10-12-21)14-20-18-8-7-16-5-4-6-17(16)13-18/h7-8,13,15,20H,4-6,9-12,14H2,1-3H3. The zero-order valence-electron chi connectivity index (χ0n) is 15.1. The Balaban J connectivity index is 1.51. The van der Waals surface area contributed by atoms with Gasteiger partial charge in [-0.15, -0.1) is 0 Å². The number of aryl methyl sites for hydroxylation is 2. The normalized spacial score (nSPS) is 20.1. The third-order valence-corrected chi connectivity index (χ3v) is 7.97. The highest BCUT2D eigenvalue weighted by Gasteiger charge is 2.37. The predicted octanol–water partition coefficient (Wildman–Crippen LogP) is 3.43. The highest BCUT2D eigenvalue weighted by atomic mass is 32.2. The fraction of sp³-hybridized carbons (Fsp3) is 0.684. The van der Waals surface area contributed by atoms with Crippen LogP contribution < -0.4 is 5.32 Å². The fourth-order valence-corrected chi connectivity index (χ4v) is 5.15. The molecule has 134 valence electrons. The minimum absolute atomic E-state index is 0.546. The molecule has 0 spiro atoms. The summed E-state index contributed by atoms with van der Waals surface area (Å²) in [5, 5.41) is 3.56. The van der Waals surface area contributed by atoms with E-state index in [1.807, 2.05) is 0 Å². The number of rotatable bonds is 4. The van der Waals surface area contributed by atoms with Crippen LogP contribution in [0.1, 0.15) is 51.2 Å². The Morgan fingerprint density at radius 3 is 2.46 bits per heavy atom. The van der Waals surface area contributed by atoms with E-state index in [4.69, 9.17) is 0 Å². The molecule has 0 unspecified atom stereocenters. The average Bonchev–Trinajstić information content (AvgIpc) is 3.00. The third kappa shape index (κ3) is 3.62. The SMILES string of the molecule is CC(C)(C)S(=O)(=O)N1CCC(CNc2ccc3c(c2)CCC3)CC1. The summed E-state index contributed by atoms with van der Waals surface area (Å²) in [6.07, 6.45) is 5.57. The fourth-order valence-electron chi connectivity index (χ4n) is 3.69. The second kappa shape index (κ2) is 6.68. The van der Waals surface area contributed by atoms with E-state index in [-0.39, 0.29) is 0 Å². The lowest BCUT2D eigenvalue weighted by Gasteiger charge is -2.35. The second-order valence-electron chi connectivity index (χ2n) is 8.18. The molecular weight excluding hydrogens is 320 g/mol. The van der Waals surface area contributed by atoms with Crippen LogP contribution in [0, 0.1) is 5.92 Å². The summed E-state index contributed by atoms with van der Waals surface area (Å²) in [5.41, 5.74) is 4.20. The molecule has 0 radical (unpaired) electrons. The van der Waals surface area contributed by atoms with E-state index in [1.54, 1.807) is 25.1 Å². The number of sulfonamides is 1. The molecule has 1 aliphatic carbocycles. The van der Waals surface area contributed by atoms with Gasteiger partial charge in [0.1, 0.15) is 0 Å². The second-order valence-corrected chi connectivity index (χ2v) is 10.9. The van der Waals surface area contributed by atoms with Crippen LogP contribution in [0.2, 0.25) is 0 Å². The molecule has 24 heavy (non-hydrogen) atoms. The van der Waals surface area contributed by atoms with E-state index in [1.165, 1.54) is 36.1 Å². The summed E-state index contributed by atoms with van der Waals surface area (Å²) in [7, 11) is -3.18. The summed E-state index contributed by atoms with van der Waals surface area (Å²) in [5.74, 6) is 0.546. The lowest BCUT2D eigenvalue weighted by atomic mass is 9.98. The molecule has 1 fully saturated rings. The number of nitrogens with zero attached hydrogens (tertiary/aromatic N) is 1. The lowest BCUT2D eigenvalue weighted by molar-refractivity contribution is 0.277. The average molecular weight is 351 g/mol. The van der Waals surface area contributed by atoms with Crippen molar-refractivity contribution in [3.8, 4) is 0 Å². The topological polar surface area (TPSA) is 49.4 Å². The molecule has 1 aromatic rings. The molecule has 2 aliphatic rings. The van der Waals surface area contributed by atoms with Crippen molar-refractivity contribution >= 4 is 15.7 Å². The van der Waals surface area contributed by atoms with Crippen LogP contribution in [-0.4, -0.2) is 37.1 Å². The van der Waals surface area contributed by atoms with Crippen molar-refractivity contribution in [2.75, 3.05) is 25.0 Å². The van der Waals surface area contributed by atoms with Gasteiger partial charge >= 0.3 is 0 Å². The molecule has 5 heteroatoms. The number of benzene rings is 1. The first-order valence-corrected chi connectivity index (χ1v) is 10.6. The van der Waals surface area contributed by atoms with E-state index in [9.17, 15) is 8.42 Å². The molecule has 0 atom stereocenters. The maximum absolute atomic E-state index is 12.5. The molecule has 1 aliphatic heterocycles. The van der Waals surface area contributed by atoms with Crippen LogP contribution in [0.4, 0.5) is 5.69 Å². The Bertz CT molecular complexity index is 684. The van der Waals surface area contributed by atoms with Gasteiger partial charge in [-0.25, -0.2) is 12.7 Å². The molecule has 1 heterocycles. The summed E-state index contributed by atoms with van der Waals surface area (Å²) < 4.78 is 26.0. The van der Waals surface area contributed by atoms with Gasteiger partial charge in [-0.05, 0) is 82.1 Å². The highest BCUT2D eigenvalue weighted by Crippen LogP contribution is 2.28. The van der Waals surface area contributed by atoms with Crippen molar-refractivity contribution in [1.82, 2.24) is 4.31 Å².